The number of carbonyl (C=O) groups is 1. The summed E-state index contributed by atoms with van der Waals surface area (Å²) in [5.74, 6) is -1.36. The number of aromatic nitrogens is 2. The van der Waals surface area contributed by atoms with Crippen molar-refractivity contribution in [1.82, 2.24) is 15.0 Å². The third-order valence-electron chi connectivity index (χ3n) is 3.99. The summed E-state index contributed by atoms with van der Waals surface area (Å²) in [6.45, 7) is 2.08. The van der Waals surface area contributed by atoms with Gasteiger partial charge in [-0.2, -0.15) is 0 Å². The van der Waals surface area contributed by atoms with Gasteiger partial charge in [-0.1, -0.05) is 27.5 Å². The second kappa shape index (κ2) is 8.87. The Balaban J connectivity index is 2.11. The maximum Gasteiger partial charge on any atom is 0.277 e. The highest BCUT2D eigenvalue weighted by Gasteiger charge is 2.22. The van der Waals surface area contributed by atoms with Gasteiger partial charge in [0.25, 0.3) is 5.91 Å². The zero-order valence-electron chi connectivity index (χ0n) is 14.8. The van der Waals surface area contributed by atoms with E-state index in [0.29, 0.717) is 22.8 Å². The molecule has 3 rings (SSSR count). The summed E-state index contributed by atoms with van der Waals surface area (Å²) >= 11 is 9.54. The van der Waals surface area contributed by atoms with Crippen molar-refractivity contribution < 1.29 is 19.1 Å². The van der Waals surface area contributed by atoms with E-state index >= 15 is 4.39 Å². The van der Waals surface area contributed by atoms with E-state index in [1.165, 1.54) is 12.4 Å². The van der Waals surface area contributed by atoms with Gasteiger partial charge in [-0.3, -0.25) is 9.63 Å². The van der Waals surface area contributed by atoms with E-state index in [9.17, 15) is 4.79 Å². The zero-order chi connectivity index (χ0) is 20.3. The molecule has 0 saturated carbocycles. The van der Waals surface area contributed by atoms with Gasteiger partial charge in [-0.05, 0) is 31.2 Å². The molecule has 10 heteroatoms. The van der Waals surface area contributed by atoms with Crippen LogP contribution in [0, 0.1) is 5.82 Å². The Labute approximate surface area is 173 Å². The van der Waals surface area contributed by atoms with Gasteiger partial charge in [0, 0.05) is 11.0 Å². The molecule has 0 aliphatic carbocycles. The summed E-state index contributed by atoms with van der Waals surface area (Å²) in [6.07, 6.45) is 1.51. The Morgan fingerprint density at radius 2 is 2.21 bits per heavy atom. The predicted molar refractivity (Wildman–Crippen MR) is 108 cm³/mol. The van der Waals surface area contributed by atoms with Gasteiger partial charge in [0.2, 0.25) is 0 Å². The fraction of sp³-hybridized carbons (Fsp3) is 0.222. The second-order valence-electron chi connectivity index (χ2n) is 5.76. The number of fused-ring (bicyclic) bond motifs is 1. The Hall–Kier alpha value is -2.20. The van der Waals surface area contributed by atoms with Gasteiger partial charge < -0.3 is 15.0 Å². The van der Waals surface area contributed by atoms with Crippen LogP contribution in [0.25, 0.3) is 11.0 Å². The molecule has 0 fully saturated rings. The first-order valence-electron chi connectivity index (χ1n) is 8.38. The van der Waals surface area contributed by atoms with Crippen LogP contribution in [-0.2, 0) is 11.4 Å². The molecule has 28 heavy (non-hydrogen) atoms. The van der Waals surface area contributed by atoms with Crippen LogP contribution in [0.3, 0.4) is 0 Å². The molecule has 0 radical (unpaired) electrons. The van der Waals surface area contributed by atoms with Gasteiger partial charge in [0.05, 0.1) is 47.0 Å². The molecule has 0 aliphatic rings. The van der Waals surface area contributed by atoms with Crippen LogP contribution in [0.15, 0.2) is 35.1 Å². The highest BCUT2D eigenvalue weighted by molar-refractivity contribution is 9.10. The number of rotatable bonds is 7. The fourth-order valence-electron chi connectivity index (χ4n) is 2.65. The maximum atomic E-state index is 15.3. The molecule has 3 N–H and O–H groups in total. The van der Waals surface area contributed by atoms with Crippen molar-refractivity contribution in [2.24, 2.45) is 0 Å². The summed E-state index contributed by atoms with van der Waals surface area (Å²) in [5.41, 5.74) is 3.15. The molecule has 1 amide bonds. The number of aryl methyl sites for hydroxylation is 1. The lowest BCUT2D eigenvalue weighted by molar-refractivity contribution is 0.0169. The Kier molecular flexibility index (Phi) is 6.50. The molecule has 3 aromatic rings. The third-order valence-corrected chi connectivity index (χ3v) is 4.80. The number of hydrogen-bond donors (Lipinski definition) is 3. The summed E-state index contributed by atoms with van der Waals surface area (Å²) in [4.78, 5) is 21.6. The first kappa shape index (κ1) is 20.5. The number of benzene rings is 2. The lowest BCUT2D eigenvalue weighted by atomic mass is 10.1. The number of amides is 1. The standard InChI is InChI=1S/C18H17BrClFN4O3/c1-2-25-9-22-17-14(25)8-11(18(27)24-28-6-5-26)16(15(17)21)23-13-4-3-10(19)7-12(13)20/h3-4,7-9,23,26H,2,5-6H2,1H3,(H,24,27). The van der Waals surface area contributed by atoms with Gasteiger partial charge in [0.15, 0.2) is 5.82 Å². The van der Waals surface area contributed by atoms with Crippen molar-refractivity contribution >= 4 is 55.8 Å². The van der Waals surface area contributed by atoms with Gasteiger partial charge >= 0.3 is 0 Å². The number of carbonyl (C=O) groups excluding carboxylic acids is 1. The van der Waals surface area contributed by atoms with Crippen molar-refractivity contribution in [2.75, 3.05) is 18.5 Å². The predicted octanol–water partition coefficient (Wildman–Crippen LogP) is 4.01. The van der Waals surface area contributed by atoms with Crippen molar-refractivity contribution in [3.05, 3.63) is 51.5 Å². The molecule has 0 atom stereocenters. The largest absolute Gasteiger partial charge is 0.394 e. The number of hydrogen-bond acceptors (Lipinski definition) is 5. The number of nitrogens with one attached hydrogen (secondary N) is 2. The number of hydroxylamine groups is 1. The summed E-state index contributed by atoms with van der Waals surface area (Å²) in [6, 6.07) is 6.57. The van der Waals surface area contributed by atoms with Crippen molar-refractivity contribution in [3.63, 3.8) is 0 Å². The molecule has 148 valence electrons. The summed E-state index contributed by atoms with van der Waals surface area (Å²) < 4.78 is 17.8. The fourth-order valence-corrected chi connectivity index (χ4v) is 3.37. The van der Waals surface area contributed by atoms with Gasteiger partial charge in [-0.25, -0.2) is 14.9 Å². The molecular weight excluding hydrogens is 455 g/mol. The van der Waals surface area contributed by atoms with Crippen molar-refractivity contribution in [2.45, 2.75) is 13.5 Å². The normalized spacial score (nSPS) is 11.0. The van der Waals surface area contributed by atoms with Crippen LogP contribution in [0.5, 0.6) is 0 Å². The lowest BCUT2D eigenvalue weighted by Crippen LogP contribution is -2.26. The van der Waals surface area contributed by atoms with Crippen molar-refractivity contribution in [3.8, 4) is 0 Å². The van der Waals surface area contributed by atoms with Crippen LogP contribution in [0.1, 0.15) is 17.3 Å². The van der Waals surface area contributed by atoms with Gasteiger partial charge in [-0.15, -0.1) is 0 Å². The monoisotopic (exact) mass is 470 g/mol. The minimum absolute atomic E-state index is 0.0112. The molecule has 1 aromatic heterocycles. The molecule has 0 saturated heterocycles. The Morgan fingerprint density at radius 3 is 2.89 bits per heavy atom. The maximum absolute atomic E-state index is 15.3. The summed E-state index contributed by atoms with van der Waals surface area (Å²) in [5, 5.41) is 12.0. The molecule has 1 heterocycles. The van der Waals surface area contributed by atoms with Crippen LogP contribution in [-0.4, -0.2) is 33.8 Å². The van der Waals surface area contributed by atoms with E-state index in [2.05, 4.69) is 31.7 Å². The van der Waals surface area contributed by atoms with E-state index in [1.807, 2.05) is 6.92 Å². The highest BCUT2D eigenvalue weighted by atomic mass is 79.9. The van der Waals surface area contributed by atoms with E-state index in [-0.39, 0.29) is 30.0 Å². The number of aliphatic hydroxyl groups excluding tert-OH is 1. The van der Waals surface area contributed by atoms with Gasteiger partial charge in [0.1, 0.15) is 5.52 Å². The minimum atomic E-state index is -0.684. The topological polar surface area (TPSA) is 88.4 Å². The van der Waals surface area contributed by atoms with Crippen LogP contribution in [0.4, 0.5) is 15.8 Å². The molecule has 0 unspecified atom stereocenters. The van der Waals surface area contributed by atoms with E-state index in [0.717, 1.165) is 4.47 Å². The Bertz CT molecular complexity index is 1030. The second-order valence-corrected chi connectivity index (χ2v) is 7.09. The highest BCUT2D eigenvalue weighted by Crippen LogP contribution is 2.34. The third kappa shape index (κ3) is 4.12. The first-order valence-corrected chi connectivity index (χ1v) is 9.55. The zero-order valence-corrected chi connectivity index (χ0v) is 17.1. The Morgan fingerprint density at radius 1 is 1.43 bits per heavy atom. The smallest absolute Gasteiger partial charge is 0.277 e. The number of nitrogens with zero attached hydrogens (tertiary/aromatic N) is 2. The molecule has 0 spiro atoms. The number of aliphatic hydroxyl groups is 1. The molecule has 2 aromatic carbocycles. The van der Waals surface area contributed by atoms with E-state index in [1.54, 1.807) is 22.8 Å². The quantitative estimate of drug-likeness (QED) is 0.358. The average Bonchev–Trinajstić information content (AvgIpc) is 3.09. The first-order chi connectivity index (χ1) is 13.5. The van der Waals surface area contributed by atoms with E-state index < -0.39 is 11.7 Å². The van der Waals surface area contributed by atoms with E-state index in [4.69, 9.17) is 21.5 Å². The minimum Gasteiger partial charge on any atom is -0.394 e. The number of imidazole rings is 1. The molecular formula is C18H17BrClFN4O3. The SMILES string of the molecule is CCn1cnc2c(F)c(Nc3ccc(Br)cc3Cl)c(C(=O)NOCCO)cc21. The summed E-state index contributed by atoms with van der Waals surface area (Å²) in [7, 11) is 0. The van der Waals surface area contributed by atoms with Crippen LogP contribution >= 0.6 is 27.5 Å². The lowest BCUT2D eigenvalue weighted by Gasteiger charge is -2.15. The molecule has 7 nitrogen and oxygen atoms in total. The van der Waals surface area contributed by atoms with Crippen molar-refractivity contribution in [1.29, 1.82) is 0 Å². The van der Waals surface area contributed by atoms with Crippen LogP contribution < -0.4 is 10.8 Å². The number of halogens is 3. The molecule has 0 bridgehead atoms. The number of anilines is 2. The average molecular weight is 472 g/mol. The van der Waals surface area contributed by atoms with Crippen LogP contribution in [0.2, 0.25) is 5.02 Å². The molecule has 0 aliphatic heterocycles.